The number of rotatable bonds is 4. The van der Waals surface area contributed by atoms with Gasteiger partial charge >= 0.3 is 5.69 Å². The van der Waals surface area contributed by atoms with Gasteiger partial charge in [0.1, 0.15) is 5.75 Å². The minimum Gasteiger partial charge on any atom is -0.496 e. The molecule has 1 aromatic heterocycles. The van der Waals surface area contributed by atoms with Gasteiger partial charge in [0.15, 0.2) is 5.69 Å². The molecule has 2 heterocycles. The Hall–Kier alpha value is -3.14. The van der Waals surface area contributed by atoms with Crippen LogP contribution in [-0.2, 0) is 0 Å². The van der Waals surface area contributed by atoms with E-state index in [4.69, 9.17) is 16.2 Å². The lowest BCUT2D eigenvalue weighted by molar-refractivity contribution is -0.383. The first-order valence-corrected chi connectivity index (χ1v) is 8.10. The van der Waals surface area contributed by atoms with Gasteiger partial charge in [-0.3, -0.25) is 10.1 Å². The summed E-state index contributed by atoms with van der Waals surface area (Å²) in [4.78, 5) is 23.0. The van der Waals surface area contributed by atoms with Gasteiger partial charge in [-0.15, -0.1) is 0 Å². The van der Waals surface area contributed by atoms with E-state index in [0.29, 0.717) is 11.3 Å². The Labute approximate surface area is 150 Å². The summed E-state index contributed by atoms with van der Waals surface area (Å²) in [5.41, 5.74) is 12.4. The van der Waals surface area contributed by atoms with Crippen LogP contribution in [0.4, 0.5) is 23.1 Å². The first-order valence-electron chi connectivity index (χ1n) is 8.10. The smallest absolute Gasteiger partial charge is 0.337 e. The molecule has 0 aliphatic carbocycles. The summed E-state index contributed by atoms with van der Waals surface area (Å²) in [5, 5.41) is 11.4. The van der Waals surface area contributed by atoms with Crippen LogP contribution in [0, 0.1) is 10.1 Å². The Kier molecular flexibility index (Phi) is 4.76. The lowest BCUT2D eigenvalue weighted by Gasteiger charge is -2.34. The zero-order valence-corrected chi connectivity index (χ0v) is 14.7. The second-order valence-electron chi connectivity index (χ2n) is 6.10. The zero-order chi connectivity index (χ0) is 18.8. The van der Waals surface area contributed by atoms with E-state index in [2.05, 4.69) is 26.8 Å². The van der Waals surface area contributed by atoms with Gasteiger partial charge < -0.3 is 26.0 Å². The second kappa shape index (κ2) is 7.00. The van der Waals surface area contributed by atoms with E-state index in [1.165, 1.54) is 7.11 Å². The lowest BCUT2D eigenvalue weighted by Crippen LogP contribution is -2.44. The fraction of sp³-hybridized carbons (Fsp3) is 0.375. The van der Waals surface area contributed by atoms with Crippen molar-refractivity contribution < 1.29 is 9.66 Å². The molecule has 1 aliphatic heterocycles. The fourth-order valence-electron chi connectivity index (χ4n) is 2.99. The molecule has 1 aliphatic rings. The molecule has 0 atom stereocenters. The standard InChI is InChI=1S/C16H21N7O3/c1-21-5-7-22(8-6-21)10-3-4-11(12(9-10)26-2)13-14(23(24)25)15(17)20-16(18)19-13/h3-4,9H,5-8H2,1-2H3,(H4,17,18,19,20). The summed E-state index contributed by atoms with van der Waals surface area (Å²) < 4.78 is 5.47. The number of nitro groups is 1. The van der Waals surface area contributed by atoms with Crippen LogP contribution in [0.5, 0.6) is 5.75 Å². The highest BCUT2D eigenvalue weighted by Crippen LogP contribution is 2.39. The second-order valence-corrected chi connectivity index (χ2v) is 6.10. The summed E-state index contributed by atoms with van der Waals surface area (Å²) in [5.74, 6) is 0.0537. The third kappa shape index (κ3) is 3.31. The van der Waals surface area contributed by atoms with Crippen LogP contribution in [0.1, 0.15) is 0 Å². The third-order valence-corrected chi connectivity index (χ3v) is 4.42. The first-order chi connectivity index (χ1) is 12.4. The SMILES string of the molecule is COc1cc(N2CCN(C)CC2)ccc1-c1nc(N)nc(N)c1[N+](=O)[O-]. The molecule has 0 radical (unpaired) electrons. The van der Waals surface area contributed by atoms with Crippen molar-refractivity contribution in [2.45, 2.75) is 0 Å². The first kappa shape index (κ1) is 17.7. The van der Waals surface area contributed by atoms with Crippen LogP contribution in [0.3, 0.4) is 0 Å². The minimum absolute atomic E-state index is 0.0433. The summed E-state index contributed by atoms with van der Waals surface area (Å²) in [6.07, 6.45) is 0. The summed E-state index contributed by atoms with van der Waals surface area (Å²) in [6, 6.07) is 5.47. The third-order valence-electron chi connectivity index (χ3n) is 4.42. The maximum atomic E-state index is 11.4. The van der Waals surface area contributed by atoms with Crippen LogP contribution in [-0.4, -0.2) is 60.1 Å². The molecule has 2 aromatic rings. The van der Waals surface area contributed by atoms with Crippen molar-refractivity contribution in [2.75, 3.05) is 56.7 Å². The molecule has 0 unspecified atom stereocenters. The predicted octanol–water partition coefficient (Wildman–Crippen LogP) is 0.977. The zero-order valence-electron chi connectivity index (χ0n) is 14.7. The number of hydrogen-bond acceptors (Lipinski definition) is 9. The van der Waals surface area contributed by atoms with Gasteiger partial charge in [-0.2, -0.15) is 4.98 Å². The van der Waals surface area contributed by atoms with Gasteiger partial charge in [-0.25, -0.2) is 4.98 Å². The number of likely N-dealkylation sites (N-methyl/N-ethyl adjacent to an activating group) is 1. The van der Waals surface area contributed by atoms with Gasteiger partial charge in [0.25, 0.3) is 0 Å². The Morgan fingerprint density at radius 2 is 1.88 bits per heavy atom. The Morgan fingerprint density at radius 1 is 1.19 bits per heavy atom. The molecule has 0 saturated carbocycles. The van der Waals surface area contributed by atoms with Crippen LogP contribution in [0.2, 0.25) is 0 Å². The quantitative estimate of drug-likeness (QED) is 0.604. The molecule has 1 saturated heterocycles. The van der Waals surface area contributed by atoms with Gasteiger partial charge in [-0.1, -0.05) is 0 Å². The molecule has 1 fully saturated rings. The van der Waals surface area contributed by atoms with E-state index >= 15 is 0 Å². The number of nitrogen functional groups attached to an aromatic ring is 2. The van der Waals surface area contributed by atoms with Crippen molar-refractivity contribution in [2.24, 2.45) is 0 Å². The topological polar surface area (TPSA) is 137 Å². The van der Waals surface area contributed by atoms with Crippen molar-refractivity contribution in [3.63, 3.8) is 0 Å². The number of hydrogen-bond donors (Lipinski definition) is 2. The molecular formula is C16H21N7O3. The van der Waals surface area contributed by atoms with E-state index in [9.17, 15) is 10.1 Å². The molecule has 0 amide bonds. The molecule has 0 spiro atoms. The molecule has 10 nitrogen and oxygen atoms in total. The molecule has 1 aromatic carbocycles. The van der Waals surface area contributed by atoms with Crippen molar-refractivity contribution in [3.8, 4) is 17.0 Å². The predicted molar refractivity (Wildman–Crippen MR) is 99.2 cm³/mol. The largest absolute Gasteiger partial charge is 0.496 e. The number of piperazine rings is 1. The molecule has 3 rings (SSSR count). The van der Waals surface area contributed by atoms with E-state index in [1.54, 1.807) is 6.07 Å². The van der Waals surface area contributed by atoms with Crippen LogP contribution in [0.25, 0.3) is 11.3 Å². The maximum absolute atomic E-state index is 11.4. The Bertz CT molecular complexity index is 835. The van der Waals surface area contributed by atoms with Crippen LogP contribution in [0.15, 0.2) is 18.2 Å². The van der Waals surface area contributed by atoms with Gasteiger partial charge in [0.2, 0.25) is 11.8 Å². The number of aromatic nitrogens is 2. The molecule has 10 heteroatoms. The lowest BCUT2D eigenvalue weighted by atomic mass is 10.1. The Balaban J connectivity index is 2.05. The highest BCUT2D eigenvalue weighted by molar-refractivity contribution is 5.82. The number of benzene rings is 1. The van der Waals surface area contributed by atoms with Crippen molar-refractivity contribution in [3.05, 3.63) is 28.3 Å². The van der Waals surface area contributed by atoms with Crippen molar-refractivity contribution >= 4 is 23.1 Å². The number of anilines is 3. The molecular weight excluding hydrogens is 338 g/mol. The molecule has 138 valence electrons. The van der Waals surface area contributed by atoms with Gasteiger partial charge in [0, 0.05) is 43.5 Å². The Morgan fingerprint density at radius 3 is 2.50 bits per heavy atom. The summed E-state index contributed by atoms with van der Waals surface area (Å²) in [6.45, 7) is 3.72. The van der Waals surface area contributed by atoms with Gasteiger partial charge in [0.05, 0.1) is 12.0 Å². The monoisotopic (exact) mass is 359 g/mol. The average Bonchev–Trinajstić information content (AvgIpc) is 2.60. The van der Waals surface area contributed by atoms with E-state index in [0.717, 1.165) is 31.9 Å². The molecule has 0 bridgehead atoms. The normalized spacial score (nSPS) is 15.1. The molecule has 4 N–H and O–H groups in total. The van der Waals surface area contributed by atoms with E-state index in [-0.39, 0.29) is 23.1 Å². The number of methoxy groups -OCH3 is 1. The van der Waals surface area contributed by atoms with E-state index in [1.807, 2.05) is 12.1 Å². The highest BCUT2D eigenvalue weighted by atomic mass is 16.6. The number of ether oxygens (including phenoxy) is 1. The highest BCUT2D eigenvalue weighted by Gasteiger charge is 2.26. The minimum atomic E-state index is -0.613. The number of nitrogens with two attached hydrogens (primary N) is 2. The van der Waals surface area contributed by atoms with Crippen molar-refractivity contribution in [1.82, 2.24) is 14.9 Å². The van der Waals surface area contributed by atoms with Gasteiger partial charge in [-0.05, 0) is 19.2 Å². The molecule has 26 heavy (non-hydrogen) atoms. The summed E-state index contributed by atoms with van der Waals surface area (Å²) in [7, 11) is 3.59. The van der Waals surface area contributed by atoms with Crippen LogP contribution >= 0.6 is 0 Å². The number of nitrogens with zero attached hydrogens (tertiary/aromatic N) is 5. The van der Waals surface area contributed by atoms with E-state index < -0.39 is 4.92 Å². The summed E-state index contributed by atoms with van der Waals surface area (Å²) >= 11 is 0. The fourth-order valence-corrected chi connectivity index (χ4v) is 2.99. The average molecular weight is 359 g/mol. The van der Waals surface area contributed by atoms with Crippen LogP contribution < -0.4 is 21.1 Å². The van der Waals surface area contributed by atoms with Crippen molar-refractivity contribution in [1.29, 1.82) is 0 Å². The maximum Gasteiger partial charge on any atom is 0.337 e.